The number of H-pyrrole nitrogens is 1. The van der Waals surface area contributed by atoms with Crippen molar-refractivity contribution in [1.82, 2.24) is 15.5 Å². The van der Waals surface area contributed by atoms with Gasteiger partial charge in [0.25, 0.3) is 0 Å². The van der Waals surface area contributed by atoms with Crippen LogP contribution >= 0.6 is 0 Å². The smallest absolute Gasteiger partial charge is 0.154 e. The van der Waals surface area contributed by atoms with E-state index in [1.165, 1.54) is 5.56 Å². The van der Waals surface area contributed by atoms with E-state index in [0.717, 1.165) is 37.4 Å². The van der Waals surface area contributed by atoms with E-state index < -0.39 is 0 Å². The summed E-state index contributed by atoms with van der Waals surface area (Å²) in [6.45, 7) is 10.6. The normalized spacial score (nSPS) is 25.3. The summed E-state index contributed by atoms with van der Waals surface area (Å²) < 4.78 is 6.15. The molecule has 0 aromatic carbocycles. The zero-order valence-corrected chi connectivity index (χ0v) is 12.3. The van der Waals surface area contributed by atoms with Crippen LogP contribution in [0.5, 0.6) is 0 Å². The lowest BCUT2D eigenvalue weighted by molar-refractivity contribution is -0.107. The predicted octanol–water partition coefficient (Wildman–Crippen LogP) is 2.07. The maximum atomic E-state index is 6.15. The van der Waals surface area contributed by atoms with Crippen molar-refractivity contribution >= 4 is 5.82 Å². The van der Waals surface area contributed by atoms with Crippen LogP contribution in [0, 0.1) is 0 Å². The lowest BCUT2D eigenvalue weighted by atomic mass is 9.96. The Labute approximate surface area is 114 Å². The minimum Gasteiger partial charge on any atom is -0.365 e. The fraction of sp³-hybridized carbons (Fsp3) is 0.786. The van der Waals surface area contributed by atoms with E-state index in [2.05, 4.69) is 48.5 Å². The first kappa shape index (κ1) is 12.9. The zero-order valence-electron chi connectivity index (χ0n) is 12.3. The molecule has 0 unspecified atom stereocenters. The Balaban J connectivity index is 1.88. The van der Waals surface area contributed by atoms with Crippen LogP contribution in [-0.4, -0.2) is 29.3 Å². The van der Waals surface area contributed by atoms with Crippen LogP contribution in [0.4, 0.5) is 5.82 Å². The first-order valence-corrected chi connectivity index (χ1v) is 7.17. The van der Waals surface area contributed by atoms with E-state index in [0.29, 0.717) is 6.04 Å². The van der Waals surface area contributed by atoms with Gasteiger partial charge >= 0.3 is 0 Å². The number of hydrogen-bond acceptors (Lipinski definition) is 4. The highest BCUT2D eigenvalue weighted by Crippen LogP contribution is 2.48. The summed E-state index contributed by atoms with van der Waals surface area (Å²) in [7, 11) is 0. The van der Waals surface area contributed by atoms with E-state index in [1.54, 1.807) is 0 Å². The van der Waals surface area contributed by atoms with Crippen LogP contribution in [0.2, 0.25) is 0 Å². The fourth-order valence-electron chi connectivity index (χ4n) is 3.37. The van der Waals surface area contributed by atoms with Crippen molar-refractivity contribution in [3.63, 3.8) is 0 Å². The molecule has 3 rings (SSSR count). The number of ether oxygens (including phenoxy) is 1. The summed E-state index contributed by atoms with van der Waals surface area (Å²) in [6, 6.07) is 0.508. The van der Waals surface area contributed by atoms with Gasteiger partial charge in [-0.15, -0.1) is 0 Å². The molecule has 19 heavy (non-hydrogen) atoms. The second kappa shape index (κ2) is 4.21. The van der Waals surface area contributed by atoms with Gasteiger partial charge in [0.05, 0.1) is 16.9 Å². The molecule has 106 valence electrons. The predicted molar refractivity (Wildman–Crippen MR) is 75.2 cm³/mol. The summed E-state index contributed by atoms with van der Waals surface area (Å²) in [4.78, 5) is 0. The molecule has 0 bridgehead atoms. The Hall–Kier alpha value is -1.07. The van der Waals surface area contributed by atoms with Gasteiger partial charge in [-0.2, -0.15) is 5.10 Å². The molecule has 1 aromatic rings. The van der Waals surface area contributed by atoms with Crippen LogP contribution in [0.1, 0.15) is 51.8 Å². The molecule has 3 heterocycles. The van der Waals surface area contributed by atoms with Crippen molar-refractivity contribution in [1.29, 1.82) is 0 Å². The van der Waals surface area contributed by atoms with E-state index in [4.69, 9.17) is 4.74 Å². The quantitative estimate of drug-likeness (QED) is 0.765. The van der Waals surface area contributed by atoms with Crippen LogP contribution in [0.15, 0.2) is 0 Å². The molecule has 0 aliphatic carbocycles. The van der Waals surface area contributed by atoms with Gasteiger partial charge in [0.15, 0.2) is 5.82 Å². The summed E-state index contributed by atoms with van der Waals surface area (Å²) >= 11 is 0. The highest BCUT2D eigenvalue weighted by molar-refractivity contribution is 5.54. The molecule has 0 atom stereocenters. The number of rotatable bonds is 2. The number of aromatic nitrogens is 2. The number of anilines is 1. The number of hydrogen-bond donors (Lipinski definition) is 3. The molecular formula is C14H24N4O. The van der Waals surface area contributed by atoms with Crippen LogP contribution in [0.3, 0.4) is 0 Å². The van der Waals surface area contributed by atoms with Crippen molar-refractivity contribution in [3.8, 4) is 0 Å². The Kier molecular flexibility index (Phi) is 2.87. The monoisotopic (exact) mass is 264 g/mol. The minimum absolute atomic E-state index is 0.291. The number of fused-ring (bicyclic) bond motifs is 1. The summed E-state index contributed by atoms with van der Waals surface area (Å²) in [6.07, 6.45) is 2.29. The summed E-state index contributed by atoms with van der Waals surface area (Å²) in [5.74, 6) is 0.970. The number of nitrogens with one attached hydrogen (secondary N) is 3. The van der Waals surface area contributed by atoms with Gasteiger partial charge < -0.3 is 15.4 Å². The molecule has 1 aromatic heterocycles. The second-order valence-corrected chi connectivity index (χ2v) is 6.61. The Morgan fingerprint density at radius 1 is 1.16 bits per heavy atom. The third kappa shape index (κ3) is 2.15. The van der Waals surface area contributed by atoms with Crippen LogP contribution in [-0.2, 0) is 15.9 Å². The molecular weight excluding hydrogens is 240 g/mol. The Morgan fingerprint density at radius 3 is 2.53 bits per heavy atom. The molecule has 3 N–H and O–H groups in total. The largest absolute Gasteiger partial charge is 0.365 e. The molecule has 0 amide bonds. The molecule has 5 nitrogen and oxygen atoms in total. The van der Waals surface area contributed by atoms with Crippen molar-refractivity contribution in [3.05, 3.63) is 11.3 Å². The van der Waals surface area contributed by atoms with E-state index in [9.17, 15) is 0 Å². The number of nitrogens with zero attached hydrogens (tertiary/aromatic N) is 1. The standard InChI is InChI=1S/C14H24N4O/c1-13(2)10-11(14(3,4)19-13)17-18-12(10)16-9-5-7-15-8-6-9/h9,15H,5-8H2,1-4H3,(H2,16,17,18). The third-order valence-corrected chi connectivity index (χ3v) is 4.16. The van der Waals surface area contributed by atoms with Gasteiger partial charge in [-0.1, -0.05) is 0 Å². The molecule has 5 heteroatoms. The number of piperidine rings is 1. The van der Waals surface area contributed by atoms with Crippen LogP contribution < -0.4 is 10.6 Å². The maximum Gasteiger partial charge on any atom is 0.154 e. The fourth-order valence-corrected chi connectivity index (χ4v) is 3.37. The highest BCUT2D eigenvalue weighted by Gasteiger charge is 2.47. The zero-order chi connectivity index (χ0) is 13.7. The van der Waals surface area contributed by atoms with Gasteiger partial charge in [-0.05, 0) is 53.6 Å². The number of aromatic amines is 1. The average molecular weight is 264 g/mol. The maximum absolute atomic E-state index is 6.15. The van der Waals surface area contributed by atoms with Crippen LogP contribution in [0.25, 0.3) is 0 Å². The second-order valence-electron chi connectivity index (χ2n) is 6.61. The van der Waals surface area contributed by atoms with Gasteiger partial charge in [-0.25, -0.2) is 0 Å². The van der Waals surface area contributed by atoms with E-state index >= 15 is 0 Å². The molecule has 2 aliphatic heterocycles. The first-order chi connectivity index (χ1) is 8.90. The first-order valence-electron chi connectivity index (χ1n) is 7.17. The third-order valence-electron chi connectivity index (χ3n) is 4.16. The molecule has 0 spiro atoms. The lowest BCUT2D eigenvalue weighted by Crippen LogP contribution is -2.36. The van der Waals surface area contributed by atoms with Crippen molar-refractivity contribution < 1.29 is 4.74 Å². The highest BCUT2D eigenvalue weighted by atomic mass is 16.5. The van der Waals surface area contributed by atoms with E-state index in [1.807, 2.05) is 0 Å². The van der Waals surface area contributed by atoms with Gasteiger partial charge in [0.2, 0.25) is 0 Å². The topological polar surface area (TPSA) is 62.0 Å². The minimum atomic E-state index is -0.292. The Bertz CT molecular complexity index is 472. The van der Waals surface area contributed by atoms with E-state index in [-0.39, 0.29) is 11.2 Å². The van der Waals surface area contributed by atoms with Crippen molar-refractivity contribution in [2.45, 2.75) is 57.8 Å². The lowest BCUT2D eigenvalue weighted by Gasteiger charge is -2.27. The van der Waals surface area contributed by atoms with Crippen molar-refractivity contribution in [2.24, 2.45) is 0 Å². The average Bonchev–Trinajstić information content (AvgIpc) is 2.81. The Morgan fingerprint density at radius 2 is 1.84 bits per heavy atom. The molecule has 0 radical (unpaired) electrons. The molecule has 2 aliphatic rings. The summed E-state index contributed by atoms with van der Waals surface area (Å²) in [5.41, 5.74) is 1.71. The molecule has 1 fully saturated rings. The SMILES string of the molecule is CC1(C)OC(C)(C)c2c(NC3CCNCC3)n[nH]c21. The molecule has 0 saturated carbocycles. The van der Waals surface area contributed by atoms with Gasteiger partial charge in [-0.3, -0.25) is 5.10 Å². The molecule has 1 saturated heterocycles. The summed E-state index contributed by atoms with van der Waals surface area (Å²) in [5, 5.41) is 14.6. The van der Waals surface area contributed by atoms with Gasteiger partial charge in [0, 0.05) is 6.04 Å². The van der Waals surface area contributed by atoms with Crippen molar-refractivity contribution in [2.75, 3.05) is 18.4 Å². The van der Waals surface area contributed by atoms with Gasteiger partial charge in [0.1, 0.15) is 5.60 Å².